The maximum Gasteiger partial charge on any atom is 0.116 e. The fraction of sp³-hybridized carbons (Fsp3) is 1.00. The monoisotopic (exact) mass is 864 g/mol. The average molecular weight is 865 g/mol. The Labute approximate surface area is 384 Å². The number of alkyl halides is 1. The minimum absolute atomic E-state index is 0.287. The number of halogens is 1. The standard InChI is InChI=1S/2C12H25N.C11H22FN.C11H23N.C9H19N/c1-9(2)12-6-7-13(10(3)4)8-11(12)5;1-9(2)12-6-7-13(10(3)4)11(5)8-12;1-8(2)10-5-6-13(9(3)4)7-11(10)12;1-9(2)11-5-7-12(8-6-11)10(3)4;1-7(2)9-5-10(6-9)8(3)4/h2*9-12H,6-8H2,1-5H3;8-11H,5-7H2,1-4H3;9-11H,5-8H2,1-4H3;7-9H,5-6H2,1-4H3/t11-,12-;11-,12+;10-,11-;;/m101../s1. The van der Waals surface area contributed by atoms with E-state index in [1.807, 2.05) is 0 Å². The molecule has 5 aliphatic heterocycles. The molecule has 0 spiro atoms. The molecule has 6 atom stereocenters. The van der Waals surface area contributed by atoms with Gasteiger partial charge < -0.3 is 14.7 Å². The van der Waals surface area contributed by atoms with Crippen LogP contribution in [0.4, 0.5) is 4.39 Å². The average Bonchev–Trinajstić information content (AvgIpc) is 3.14. The van der Waals surface area contributed by atoms with Crippen LogP contribution in [0.1, 0.15) is 191 Å². The molecule has 366 valence electrons. The molecule has 5 nitrogen and oxygen atoms in total. The van der Waals surface area contributed by atoms with Gasteiger partial charge in [0.1, 0.15) is 6.17 Å². The number of rotatable bonds is 10. The van der Waals surface area contributed by atoms with Crippen LogP contribution in [0.15, 0.2) is 0 Å². The number of hydrogen-bond acceptors (Lipinski definition) is 5. The Morgan fingerprint density at radius 3 is 1.10 bits per heavy atom. The van der Waals surface area contributed by atoms with Crippen LogP contribution in [0.5, 0.6) is 0 Å². The largest absolute Gasteiger partial charge is 0.301 e. The van der Waals surface area contributed by atoms with E-state index in [2.05, 4.69) is 177 Å². The van der Waals surface area contributed by atoms with Gasteiger partial charge in [0, 0.05) is 62.4 Å². The van der Waals surface area contributed by atoms with Crippen LogP contribution in [0.25, 0.3) is 0 Å². The highest BCUT2D eigenvalue weighted by Gasteiger charge is 2.33. The van der Waals surface area contributed by atoms with Crippen molar-refractivity contribution in [2.24, 2.45) is 65.1 Å². The topological polar surface area (TPSA) is 16.2 Å². The van der Waals surface area contributed by atoms with Crippen molar-refractivity contribution in [1.29, 1.82) is 0 Å². The molecule has 5 aliphatic rings. The van der Waals surface area contributed by atoms with E-state index in [0.29, 0.717) is 18.5 Å². The molecule has 5 heterocycles. The first-order chi connectivity index (χ1) is 28.3. The lowest BCUT2D eigenvalue weighted by atomic mass is 9.79. The Morgan fingerprint density at radius 1 is 0.361 bits per heavy atom. The van der Waals surface area contributed by atoms with Crippen molar-refractivity contribution in [3.63, 3.8) is 0 Å². The highest BCUT2D eigenvalue weighted by molar-refractivity contribution is 4.86. The fourth-order valence-electron chi connectivity index (χ4n) is 10.9. The first kappa shape index (κ1) is 58.7. The SMILES string of the molecule is CC(C)C1CCN(C(C)C)CC1.CC(C)C1CN(C(C)C)C1.CC(C)[C@@H]1CCN(C(C)C)[C@@H](C)C1.CC(C)[C@H]1CCN(C(C)C)C[C@H]1C.CC(C)[C@H]1CCN(C(C)C)C[C@H]1F. The van der Waals surface area contributed by atoms with Gasteiger partial charge in [0.05, 0.1) is 0 Å². The van der Waals surface area contributed by atoms with Crippen molar-refractivity contribution < 1.29 is 4.39 Å². The third-order valence-electron chi connectivity index (χ3n) is 16.2. The van der Waals surface area contributed by atoms with E-state index in [9.17, 15) is 4.39 Å². The molecule has 0 N–H and O–H groups in total. The molecule has 0 saturated carbocycles. The van der Waals surface area contributed by atoms with Crippen LogP contribution in [0.2, 0.25) is 0 Å². The van der Waals surface area contributed by atoms with Gasteiger partial charge in [0.25, 0.3) is 0 Å². The van der Waals surface area contributed by atoms with Crippen molar-refractivity contribution in [3.05, 3.63) is 0 Å². The molecule has 0 aromatic heterocycles. The normalized spacial score (nSPS) is 28.3. The van der Waals surface area contributed by atoms with E-state index in [1.54, 1.807) is 0 Å². The summed E-state index contributed by atoms with van der Waals surface area (Å²) in [4.78, 5) is 12.6. The number of nitrogens with zero attached hydrogens (tertiary/aromatic N) is 5. The Bertz CT molecular complexity index is 959. The molecule has 0 aromatic rings. The van der Waals surface area contributed by atoms with Gasteiger partial charge in [-0.15, -0.1) is 0 Å². The van der Waals surface area contributed by atoms with Gasteiger partial charge in [0.2, 0.25) is 0 Å². The Hall–Kier alpha value is -0.270. The van der Waals surface area contributed by atoms with Crippen molar-refractivity contribution in [1.82, 2.24) is 24.5 Å². The molecular weight excluding hydrogens is 750 g/mol. The highest BCUT2D eigenvalue weighted by atomic mass is 19.1. The third-order valence-corrected chi connectivity index (χ3v) is 16.2. The molecule has 0 unspecified atom stereocenters. The van der Waals surface area contributed by atoms with Gasteiger partial charge in [-0.25, -0.2) is 4.39 Å². The third kappa shape index (κ3) is 21.3. The summed E-state index contributed by atoms with van der Waals surface area (Å²) >= 11 is 0. The van der Waals surface area contributed by atoms with Gasteiger partial charge in [-0.2, -0.15) is 0 Å². The van der Waals surface area contributed by atoms with E-state index < -0.39 is 6.17 Å². The van der Waals surface area contributed by atoms with Gasteiger partial charge in [-0.3, -0.25) is 9.80 Å². The molecule has 0 amide bonds. The minimum Gasteiger partial charge on any atom is -0.301 e. The summed E-state index contributed by atoms with van der Waals surface area (Å²) in [6, 6.07) is 4.25. The fourth-order valence-corrected chi connectivity index (χ4v) is 10.9. The molecule has 61 heavy (non-hydrogen) atoms. The summed E-state index contributed by atoms with van der Waals surface area (Å²) in [7, 11) is 0. The second kappa shape index (κ2) is 29.4. The Balaban J connectivity index is 0.000000382. The first-order valence-corrected chi connectivity index (χ1v) is 26.6. The summed E-state index contributed by atoms with van der Waals surface area (Å²) < 4.78 is 13.7. The maximum atomic E-state index is 13.7. The van der Waals surface area contributed by atoms with Crippen molar-refractivity contribution in [2.45, 2.75) is 233 Å². The van der Waals surface area contributed by atoms with Gasteiger partial charge in [0.15, 0.2) is 0 Å². The van der Waals surface area contributed by atoms with Crippen LogP contribution < -0.4 is 0 Å². The van der Waals surface area contributed by atoms with Crippen molar-refractivity contribution in [3.8, 4) is 0 Å². The van der Waals surface area contributed by atoms with Gasteiger partial charge >= 0.3 is 0 Å². The van der Waals surface area contributed by atoms with Crippen molar-refractivity contribution in [2.75, 3.05) is 58.9 Å². The summed E-state index contributed by atoms with van der Waals surface area (Å²) in [6.45, 7) is 61.5. The summed E-state index contributed by atoms with van der Waals surface area (Å²) in [5.41, 5.74) is 0. The number of piperidine rings is 4. The molecule has 5 fully saturated rings. The van der Waals surface area contributed by atoms with Crippen LogP contribution in [0.3, 0.4) is 0 Å². The van der Waals surface area contributed by atoms with Crippen molar-refractivity contribution >= 4 is 0 Å². The molecular formula is C55H114FN5. The van der Waals surface area contributed by atoms with Gasteiger partial charge in [-0.1, -0.05) is 76.2 Å². The quantitative estimate of drug-likeness (QED) is 0.217. The lowest BCUT2D eigenvalue weighted by molar-refractivity contribution is 0.0408. The molecule has 0 bridgehead atoms. The molecule has 5 saturated heterocycles. The summed E-state index contributed by atoms with van der Waals surface area (Å²) in [6.07, 6.45) is 7.44. The summed E-state index contributed by atoms with van der Waals surface area (Å²) in [5.74, 6) is 9.05. The predicted molar refractivity (Wildman–Crippen MR) is 272 cm³/mol. The second-order valence-corrected chi connectivity index (χ2v) is 24.0. The Kier molecular flexibility index (Phi) is 28.3. The summed E-state index contributed by atoms with van der Waals surface area (Å²) in [5, 5.41) is 0. The second-order valence-electron chi connectivity index (χ2n) is 24.0. The zero-order valence-corrected chi connectivity index (χ0v) is 45.6. The van der Waals surface area contributed by atoms with Gasteiger partial charge in [-0.05, 0) is 213 Å². The zero-order valence-electron chi connectivity index (χ0n) is 45.6. The zero-order chi connectivity index (χ0) is 46.9. The van der Waals surface area contributed by atoms with E-state index >= 15 is 0 Å². The Morgan fingerprint density at radius 2 is 0.754 bits per heavy atom. The van der Waals surface area contributed by atoms with Crippen LogP contribution in [-0.2, 0) is 0 Å². The smallest absolute Gasteiger partial charge is 0.116 e. The minimum atomic E-state index is -0.615. The lowest BCUT2D eigenvalue weighted by Gasteiger charge is -2.44. The molecule has 5 rings (SSSR count). The highest BCUT2D eigenvalue weighted by Crippen LogP contribution is 2.32. The lowest BCUT2D eigenvalue weighted by Crippen LogP contribution is -2.51. The van der Waals surface area contributed by atoms with E-state index in [4.69, 9.17) is 0 Å². The van der Waals surface area contributed by atoms with Crippen LogP contribution >= 0.6 is 0 Å². The van der Waals surface area contributed by atoms with E-state index in [0.717, 1.165) is 96.4 Å². The number of hydrogen-bond donors (Lipinski definition) is 0. The number of likely N-dealkylation sites (tertiary alicyclic amines) is 5. The molecule has 0 aliphatic carbocycles. The van der Waals surface area contributed by atoms with E-state index in [1.165, 1.54) is 77.9 Å². The van der Waals surface area contributed by atoms with E-state index in [-0.39, 0.29) is 5.92 Å². The molecule has 6 heteroatoms. The first-order valence-electron chi connectivity index (χ1n) is 26.6. The molecule has 0 radical (unpaired) electrons. The maximum absolute atomic E-state index is 13.7. The predicted octanol–water partition coefficient (Wildman–Crippen LogP) is 13.6. The van der Waals surface area contributed by atoms with Crippen LogP contribution in [-0.4, -0.2) is 126 Å². The molecule has 0 aromatic carbocycles. The van der Waals surface area contributed by atoms with Crippen LogP contribution in [0, 0.1) is 65.1 Å².